The predicted octanol–water partition coefficient (Wildman–Crippen LogP) is 1.82. The molecule has 0 saturated heterocycles. The summed E-state index contributed by atoms with van der Waals surface area (Å²) in [6.07, 6.45) is 0.787. The number of nitrogens with one attached hydrogen (secondary N) is 2. The summed E-state index contributed by atoms with van der Waals surface area (Å²) in [5.74, 6) is -1.70. The van der Waals surface area contributed by atoms with E-state index in [0.29, 0.717) is 19.4 Å². The van der Waals surface area contributed by atoms with Crippen molar-refractivity contribution in [1.29, 1.82) is 0 Å². The van der Waals surface area contributed by atoms with Crippen LogP contribution in [0.15, 0.2) is 30.3 Å². The quantitative estimate of drug-likeness (QED) is 0.480. The summed E-state index contributed by atoms with van der Waals surface area (Å²) in [7, 11) is 0. The van der Waals surface area contributed by atoms with Crippen molar-refractivity contribution in [3.8, 4) is 0 Å². The molecule has 0 radical (unpaired) electrons. The van der Waals surface area contributed by atoms with Crippen LogP contribution >= 0.6 is 0 Å². The van der Waals surface area contributed by atoms with E-state index in [2.05, 4.69) is 10.6 Å². The molecule has 0 aromatic heterocycles. The number of nitrogens with two attached hydrogens (primary N) is 1. The normalized spacial score (nSPS) is 13.3. The van der Waals surface area contributed by atoms with Crippen LogP contribution in [0.1, 0.15) is 45.6 Å². The summed E-state index contributed by atoms with van der Waals surface area (Å²) >= 11 is 0. The number of carbonyl (C=O) groups excluding carboxylic acids is 2. The number of ether oxygens (including phenoxy) is 1. The Morgan fingerprint density at radius 1 is 1.07 bits per heavy atom. The minimum Gasteiger partial charge on any atom is -0.480 e. The first kappa shape index (κ1) is 23.4. The van der Waals surface area contributed by atoms with Crippen molar-refractivity contribution in [3.63, 3.8) is 0 Å². The Kier molecular flexibility index (Phi) is 9.44. The molecular weight excluding hydrogens is 362 g/mol. The highest BCUT2D eigenvalue weighted by Crippen LogP contribution is 2.09. The Morgan fingerprint density at radius 3 is 2.25 bits per heavy atom. The number of benzene rings is 1. The minimum absolute atomic E-state index is 0.237. The van der Waals surface area contributed by atoms with Gasteiger partial charge in [-0.25, -0.2) is 9.59 Å². The van der Waals surface area contributed by atoms with Crippen LogP contribution in [0.2, 0.25) is 0 Å². The molecule has 1 rings (SSSR count). The molecule has 0 saturated carbocycles. The lowest BCUT2D eigenvalue weighted by Gasteiger charge is -2.24. The first-order valence-electron chi connectivity index (χ1n) is 9.39. The largest absolute Gasteiger partial charge is 0.480 e. The van der Waals surface area contributed by atoms with E-state index in [0.717, 1.165) is 5.56 Å². The van der Waals surface area contributed by atoms with E-state index < -0.39 is 35.7 Å². The van der Waals surface area contributed by atoms with Crippen LogP contribution in [0.5, 0.6) is 0 Å². The van der Waals surface area contributed by atoms with Gasteiger partial charge in [0.1, 0.15) is 17.7 Å². The highest BCUT2D eigenvalue weighted by atomic mass is 16.6. The average molecular weight is 393 g/mol. The molecule has 0 aliphatic carbocycles. The van der Waals surface area contributed by atoms with Crippen molar-refractivity contribution in [2.45, 2.75) is 64.1 Å². The zero-order valence-corrected chi connectivity index (χ0v) is 16.7. The van der Waals surface area contributed by atoms with Crippen molar-refractivity contribution in [1.82, 2.24) is 10.6 Å². The van der Waals surface area contributed by atoms with Gasteiger partial charge >= 0.3 is 12.1 Å². The van der Waals surface area contributed by atoms with Gasteiger partial charge in [0, 0.05) is 0 Å². The molecule has 0 spiro atoms. The molecular formula is C20H31N3O5. The second kappa shape index (κ2) is 11.3. The number of rotatable bonds is 10. The van der Waals surface area contributed by atoms with Crippen LogP contribution in [0.25, 0.3) is 0 Å². The number of carbonyl (C=O) groups is 3. The molecule has 0 bridgehead atoms. The summed E-state index contributed by atoms with van der Waals surface area (Å²) in [5, 5.41) is 14.5. The van der Waals surface area contributed by atoms with Gasteiger partial charge in [0.25, 0.3) is 0 Å². The monoisotopic (exact) mass is 393 g/mol. The number of carboxylic acid groups (broad SMARTS) is 1. The first-order valence-corrected chi connectivity index (χ1v) is 9.39. The smallest absolute Gasteiger partial charge is 0.408 e. The van der Waals surface area contributed by atoms with Crippen LogP contribution in [-0.4, -0.2) is 47.3 Å². The molecule has 156 valence electrons. The van der Waals surface area contributed by atoms with E-state index in [1.54, 1.807) is 20.8 Å². The third-order valence-electron chi connectivity index (χ3n) is 3.88. The Morgan fingerprint density at radius 2 is 1.71 bits per heavy atom. The fourth-order valence-electron chi connectivity index (χ4n) is 2.53. The molecule has 0 unspecified atom stereocenters. The van der Waals surface area contributed by atoms with Crippen LogP contribution < -0.4 is 16.4 Å². The van der Waals surface area contributed by atoms with Gasteiger partial charge in [-0.05, 0) is 58.6 Å². The Balaban J connectivity index is 2.72. The molecule has 2 amide bonds. The van der Waals surface area contributed by atoms with Crippen LogP contribution in [0.3, 0.4) is 0 Å². The fourth-order valence-corrected chi connectivity index (χ4v) is 2.53. The van der Waals surface area contributed by atoms with E-state index in [1.807, 2.05) is 30.3 Å². The molecule has 0 fully saturated rings. The molecule has 1 aromatic rings. The number of amides is 2. The average Bonchev–Trinajstić information content (AvgIpc) is 2.61. The maximum absolute atomic E-state index is 12.6. The molecule has 5 N–H and O–H groups in total. The second-order valence-corrected chi connectivity index (χ2v) is 7.55. The lowest BCUT2D eigenvalue weighted by Crippen LogP contribution is -2.52. The van der Waals surface area contributed by atoms with Gasteiger partial charge in [0.15, 0.2) is 0 Å². The molecule has 0 aliphatic heterocycles. The van der Waals surface area contributed by atoms with Crippen LogP contribution in [-0.2, 0) is 20.7 Å². The maximum Gasteiger partial charge on any atom is 0.408 e. The number of carboxylic acids is 1. The molecule has 28 heavy (non-hydrogen) atoms. The van der Waals surface area contributed by atoms with Crippen molar-refractivity contribution < 1.29 is 24.2 Å². The maximum atomic E-state index is 12.6. The van der Waals surface area contributed by atoms with E-state index in [-0.39, 0.29) is 12.8 Å². The van der Waals surface area contributed by atoms with Crippen molar-refractivity contribution >= 4 is 18.0 Å². The van der Waals surface area contributed by atoms with Gasteiger partial charge in [-0.15, -0.1) is 0 Å². The van der Waals surface area contributed by atoms with Crippen LogP contribution in [0.4, 0.5) is 4.79 Å². The summed E-state index contributed by atoms with van der Waals surface area (Å²) in [4.78, 5) is 36.2. The second-order valence-electron chi connectivity index (χ2n) is 7.55. The number of aryl methyl sites for hydroxylation is 1. The fraction of sp³-hybridized carbons (Fsp3) is 0.550. The van der Waals surface area contributed by atoms with Gasteiger partial charge in [-0.3, -0.25) is 4.79 Å². The Hall–Kier alpha value is -2.61. The van der Waals surface area contributed by atoms with Gasteiger partial charge in [-0.2, -0.15) is 0 Å². The number of hydrogen-bond donors (Lipinski definition) is 4. The number of hydrogen-bond acceptors (Lipinski definition) is 5. The Labute approximate surface area is 165 Å². The third-order valence-corrected chi connectivity index (χ3v) is 3.88. The van der Waals surface area contributed by atoms with Crippen LogP contribution in [0, 0.1) is 0 Å². The molecule has 0 heterocycles. The van der Waals surface area contributed by atoms with Crippen molar-refractivity contribution in [2.75, 3.05) is 6.54 Å². The van der Waals surface area contributed by atoms with Gasteiger partial charge in [0.2, 0.25) is 5.91 Å². The SMILES string of the molecule is CC(C)(C)OC(=O)N[C@@H](CCCN)C(=O)N[C@H](CCc1ccccc1)C(=O)O. The zero-order valence-electron chi connectivity index (χ0n) is 16.7. The summed E-state index contributed by atoms with van der Waals surface area (Å²) < 4.78 is 5.18. The van der Waals surface area contributed by atoms with Gasteiger partial charge < -0.3 is 26.2 Å². The van der Waals surface area contributed by atoms with E-state index in [1.165, 1.54) is 0 Å². The van der Waals surface area contributed by atoms with Gasteiger partial charge in [-0.1, -0.05) is 30.3 Å². The van der Waals surface area contributed by atoms with Crippen molar-refractivity contribution in [2.24, 2.45) is 5.73 Å². The highest BCUT2D eigenvalue weighted by Gasteiger charge is 2.27. The molecule has 0 aliphatic rings. The van der Waals surface area contributed by atoms with E-state index >= 15 is 0 Å². The third kappa shape index (κ3) is 9.36. The number of aliphatic carboxylic acids is 1. The van der Waals surface area contributed by atoms with Gasteiger partial charge in [0.05, 0.1) is 0 Å². The van der Waals surface area contributed by atoms with Crippen molar-refractivity contribution in [3.05, 3.63) is 35.9 Å². The molecule has 8 heteroatoms. The summed E-state index contributed by atoms with van der Waals surface area (Å²) in [6, 6.07) is 7.44. The molecule has 2 atom stereocenters. The molecule has 1 aromatic carbocycles. The summed E-state index contributed by atoms with van der Waals surface area (Å²) in [6.45, 7) is 5.49. The standard InChI is InChI=1S/C20H31N3O5/c1-20(2,3)28-19(27)23-15(10-7-13-21)17(24)22-16(18(25)26)12-11-14-8-5-4-6-9-14/h4-6,8-9,15-16H,7,10-13,21H2,1-3H3,(H,22,24)(H,23,27)(H,25,26)/t15-,16+/m0/s1. The molecule has 8 nitrogen and oxygen atoms in total. The first-order chi connectivity index (χ1) is 13.1. The summed E-state index contributed by atoms with van der Waals surface area (Å²) in [5.41, 5.74) is 5.77. The lowest BCUT2D eigenvalue weighted by molar-refractivity contribution is -0.142. The Bertz CT molecular complexity index is 643. The van der Waals surface area contributed by atoms with E-state index in [9.17, 15) is 19.5 Å². The minimum atomic E-state index is -1.13. The topological polar surface area (TPSA) is 131 Å². The van der Waals surface area contributed by atoms with E-state index in [4.69, 9.17) is 10.5 Å². The zero-order chi connectivity index (χ0) is 21.2. The predicted molar refractivity (Wildman–Crippen MR) is 106 cm³/mol. The number of alkyl carbamates (subject to hydrolysis) is 1. The highest BCUT2D eigenvalue weighted by molar-refractivity contribution is 5.89. The lowest BCUT2D eigenvalue weighted by atomic mass is 10.0.